The zero-order valence-electron chi connectivity index (χ0n) is 17.7. The summed E-state index contributed by atoms with van der Waals surface area (Å²) in [6.45, 7) is 0.693. The first-order chi connectivity index (χ1) is 16.5. The minimum Gasteiger partial charge on any atom is -0.350 e. The number of amides is 2. The maximum atomic E-state index is 13.2. The van der Waals surface area contributed by atoms with E-state index in [0.717, 1.165) is 31.5 Å². The molecule has 0 aliphatic carbocycles. The van der Waals surface area contributed by atoms with Gasteiger partial charge < -0.3 is 9.88 Å². The average molecular weight is 569 g/mol. The third-order valence-corrected chi connectivity index (χ3v) is 7.99. The number of para-hydroxylation sites is 1. The van der Waals surface area contributed by atoms with Crippen LogP contribution in [0.4, 0.5) is 5.69 Å². The van der Waals surface area contributed by atoms with Gasteiger partial charge in [-0.2, -0.15) is 0 Å². The van der Waals surface area contributed by atoms with E-state index >= 15 is 0 Å². The molecule has 1 N–H and O–H groups in total. The number of aromatic nitrogens is 1. The fourth-order valence-corrected chi connectivity index (χ4v) is 6.06. The van der Waals surface area contributed by atoms with Crippen LogP contribution in [0.1, 0.15) is 10.4 Å². The van der Waals surface area contributed by atoms with Crippen LogP contribution in [0.15, 0.2) is 81.6 Å². The molecular formula is C25H18BrN3O2S3. The second kappa shape index (κ2) is 9.87. The molecule has 9 heteroatoms. The number of nitrogens with one attached hydrogen (secondary N) is 1. The Morgan fingerprint density at radius 3 is 2.71 bits per heavy atom. The number of thiocarbonyl (C=S) groups is 1. The summed E-state index contributed by atoms with van der Waals surface area (Å²) in [5, 5.41) is 5.91. The molecule has 0 spiro atoms. The van der Waals surface area contributed by atoms with Gasteiger partial charge in [0.1, 0.15) is 6.54 Å². The molecule has 0 saturated carbocycles. The standard InChI is InChI=1S/C25H18BrN3O2S3/c26-17-8-9-21-20(12-17)16(14-28(21)15-23(30)27-13-19-7-4-10-33-19)11-22-24(31)29(25(32)34-22)18-5-2-1-3-6-18/h1-12,14H,13,15H2,(H,27,30)/b22-11-. The highest BCUT2D eigenvalue weighted by Crippen LogP contribution is 2.37. The van der Waals surface area contributed by atoms with Crippen molar-refractivity contribution >= 4 is 90.0 Å². The van der Waals surface area contributed by atoms with Gasteiger partial charge in [-0.05, 0) is 47.9 Å². The molecule has 34 heavy (non-hydrogen) atoms. The molecule has 0 unspecified atom stereocenters. The number of hydrogen-bond acceptors (Lipinski definition) is 5. The molecule has 1 aliphatic rings. The van der Waals surface area contributed by atoms with Crippen molar-refractivity contribution in [2.45, 2.75) is 13.1 Å². The molecule has 3 heterocycles. The quantitative estimate of drug-likeness (QED) is 0.223. The van der Waals surface area contributed by atoms with Gasteiger partial charge in [0.15, 0.2) is 4.32 Å². The lowest BCUT2D eigenvalue weighted by Crippen LogP contribution is -2.27. The lowest BCUT2D eigenvalue weighted by atomic mass is 10.1. The summed E-state index contributed by atoms with van der Waals surface area (Å²) in [5.74, 6) is -0.221. The van der Waals surface area contributed by atoms with E-state index in [0.29, 0.717) is 15.8 Å². The van der Waals surface area contributed by atoms with Crippen molar-refractivity contribution in [3.63, 3.8) is 0 Å². The topological polar surface area (TPSA) is 54.3 Å². The smallest absolute Gasteiger partial charge is 0.270 e. The van der Waals surface area contributed by atoms with E-state index in [9.17, 15) is 9.59 Å². The molecule has 1 aliphatic heterocycles. The molecule has 4 aromatic rings. The van der Waals surface area contributed by atoms with Crippen LogP contribution in [0.5, 0.6) is 0 Å². The molecule has 170 valence electrons. The van der Waals surface area contributed by atoms with Crippen LogP contribution in [0.25, 0.3) is 17.0 Å². The van der Waals surface area contributed by atoms with Crippen molar-refractivity contribution in [1.29, 1.82) is 0 Å². The number of anilines is 1. The van der Waals surface area contributed by atoms with Crippen molar-refractivity contribution in [3.05, 3.63) is 92.1 Å². The van der Waals surface area contributed by atoms with E-state index in [1.54, 1.807) is 16.2 Å². The Kier molecular flexibility index (Phi) is 6.69. The van der Waals surface area contributed by atoms with Crippen LogP contribution >= 0.6 is 51.2 Å². The Morgan fingerprint density at radius 2 is 1.94 bits per heavy atom. The molecule has 2 aromatic carbocycles. The normalized spacial score (nSPS) is 15.0. The maximum Gasteiger partial charge on any atom is 0.270 e. The van der Waals surface area contributed by atoms with Crippen LogP contribution in [-0.2, 0) is 22.7 Å². The number of rotatable bonds is 6. The predicted octanol–water partition coefficient (Wildman–Crippen LogP) is 6.19. The van der Waals surface area contributed by atoms with Gasteiger partial charge >= 0.3 is 0 Å². The molecule has 2 aromatic heterocycles. The number of halogens is 1. The van der Waals surface area contributed by atoms with E-state index in [2.05, 4.69) is 21.2 Å². The fourth-order valence-electron chi connectivity index (χ4n) is 3.76. The monoisotopic (exact) mass is 567 g/mol. The lowest BCUT2D eigenvalue weighted by Gasteiger charge is -2.13. The Labute approximate surface area is 218 Å². The van der Waals surface area contributed by atoms with Crippen LogP contribution in [0.3, 0.4) is 0 Å². The van der Waals surface area contributed by atoms with Gasteiger partial charge in [0.2, 0.25) is 5.91 Å². The first-order valence-corrected chi connectivity index (χ1v) is 13.3. The summed E-state index contributed by atoms with van der Waals surface area (Å²) in [6, 6.07) is 19.3. The summed E-state index contributed by atoms with van der Waals surface area (Å²) in [6.07, 6.45) is 3.77. The Balaban J connectivity index is 1.44. The minimum atomic E-state index is -0.147. The van der Waals surface area contributed by atoms with Crippen LogP contribution in [0, 0.1) is 0 Å². The van der Waals surface area contributed by atoms with Crippen molar-refractivity contribution in [2.75, 3.05) is 4.90 Å². The predicted molar refractivity (Wildman–Crippen MR) is 148 cm³/mol. The minimum absolute atomic E-state index is 0.0739. The molecular weight excluding hydrogens is 550 g/mol. The molecule has 5 rings (SSSR count). The van der Waals surface area contributed by atoms with Crippen molar-refractivity contribution in [3.8, 4) is 0 Å². The second-order valence-electron chi connectivity index (χ2n) is 7.58. The Hall–Kier alpha value is -2.72. The molecule has 2 amide bonds. The van der Waals surface area contributed by atoms with E-state index in [1.165, 1.54) is 11.8 Å². The highest BCUT2D eigenvalue weighted by Gasteiger charge is 2.33. The van der Waals surface area contributed by atoms with E-state index in [4.69, 9.17) is 12.2 Å². The summed E-state index contributed by atoms with van der Waals surface area (Å²) in [7, 11) is 0. The van der Waals surface area contributed by atoms with Crippen molar-refractivity contribution < 1.29 is 9.59 Å². The summed E-state index contributed by atoms with van der Waals surface area (Å²) >= 11 is 11.9. The van der Waals surface area contributed by atoms with Gasteiger partial charge in [0.25, 0.3) is 5.91 Å². The molecule has 1 fully saturated rings. The van der Waals surface area contributed by atoms with E-state index < -0.39 is 0 Å². The van der Waals surface area contributed by atoms with Gasteiger partial charge in [0, 0.05) is 32.0 Å². The number of nitrogens with zero attached hydrogens (tertiary/aromatic N) is 2. The van der Waals surface area contributed by atoms with Crippen LogP contribution in [-0.4, -0.2) is 20.7 Å². The fraction of sp³-hybridized carbons (Fsp3) is 0.0800. The lowest BCUT2D eigenvalue weighted by molar-refractivity contribution is -0.121. The Morgan fingerprint density at radius 1 is 1.12 bits per heavy atom. The zero-order valence-corrected chi connectivity index (χ0v) is 21.8. The molecule has 0 bridgehead atoms. The number of benzene rings is 2. The molecule has 0 radical (unpaired) electrons. The van der Waals surface area contributed by atoms with Crippen LogP contribution in [0.2, 0.25) is 0 Å². The van der Waals surface area contributed by atoms with Gasteiger partial charge in [-0.3, -0.25) is 14.5 Å². The number of carbonyl (C=O) groups excluding carboxylic acids is 2. The third kappa shape index (κ3) is 4.74. The summed E-state index contributed by atoms with van der Waals surface area (Å²) < 4.78 is 3.33. The largest absolute Gasteiger partial charge is 0.350 e. The maximum absolute atomic E-state index is 13.2. The third-order valence-electron chi connectivity index (χ3n) is 5.32. The molecule has 1 saturated heterocycles. The van der Waals surface area contributed by atoms with Gasteiger partial charge in [-0.25, -0.2) is 0 Å². The number of thioether (sulfide) groups is 1. The highest BCUT2D eigenvalue weighted by atomic mass is 79.9. The van der Waals surface area contributed by atoms with Crippen molar-refractivity contribution in [1.82, 2.24) is 9.88 Å². The van der Waals surface area contributed by atoms with Crippen molar-refractivity contribution in [2.24, 2.45) is 0 Å². The zero-order chi connectivity index (χ0) is 23.7. The first kappa shape index (κ1) is 23.0. The molecule has 5 nitrogen and oxygen atoms in total. The number of thiophene rings is 1. The number of hydrogen-bond donors (Lipinski definition) is 1. The summed E-state index contributed by atoms with van der Waals surface area (Å²) in [5.41, 5.74) is 2.52. The Bertz CT molecular complexity index is 1430. The summed E-state index contributed by atoms with van der Waals surface area (Å²) in [4.78, 5) is 29.0. The second-order valence-corrected chi connectivity index (χ2v) is 11.2. The number of carbonyl (C=O) groups is 2. The van der Waals surface area contributed by atoms with E-state index in [1.807, 2.05) is 82.9 Å². The molecule has 0 atom stereocenters. The average Bonchev–Trinajstić information content (AvgIpc) is 3.53. The van der Waals surface area contributed by atoms with Gasteiger partial charge in [-0.15, -0.1) is 11.3 Å². The van der Waals surface area contributed by atoms with E-state index in [-0.39, 0.29) is 18.4 Å². The number of fused-ring (bicyclic) bond motifs is 1. The van der Waals surface area contributed by atoms with Crippen LogP contribution < -0.4 is 10.2 Å². The van der Waals surface area contributed by atoms with Gasteiger partial charge in [0.05, 0.1) is 17.1 Å². The van der Waals surface area contributed by atoms with Gasteiger partial charge in [-0.1, -0.05) is 64.2 Å². The first-order valence-electron chi connectivity index (χ1n) is 10.4. The highest BCUT2D eigenvalue weighted by molar-refractivity contribution is 9.10. The SMILES string of the molecule is O=C(Cn1cc(/C=C2\SC(=S)N(c3ccccc3)C2=O)c2cc(Br)ccc21)NCc1cccs1.